The Kier molecular flexibility index (Phi) is 9.13. The molecule has 0 bridgehead atoms. The molecule has 0 heterocycles. The van der Waals surface area contributed by atoms with E-state index in [1.165, 1.54) is 16.7 Å². The van der Waals surface area contributed by atoms with Crippen LogP contribution < -0.4 is 0 Å². The zero-order chi connectivity index (χ0) is 15.5. The topological polar surface area (TPSA) is 23.8 Å². The van der Waals surface area contributed by atoms with Crippen molar-refractivity contribution in [3.05, 3.63) is 58.7 Å². The van der Waals surface area contributed by atoms with Gasteiger partial charge in [0.1, 0.15) is 0 Å². The van der Waals surface area contributed by atoms with Crippen molar-refractivity contribution in [2.75, 3.05) is 0 Å². The first-order chi connectivity index (χ1) is 9.58. The van der Waals surface area contributed by atoms with Crippen molar-refractivity contribution in [3.8, 4) is 6.07 Å². The van der Waals surface area contributed by atoms with Crippen LogP contribution in [0.4, 0.5) is 0 Å². The first-order valence-corrected chi connectivity index (χ1v) is 7.42. The average Bonchev–Trinajstić information content (AvgIpc) is 2.53. The molecule has 0 aliphatic heterocycles. The summed E-state index contributed by atoms with van der Waals surface area (Å²) in [5.74, 6) is 0.388. The lowest BCUT2D eigenvalue weighted by Gasteiger charge is -2.12. The molecule has 1 atom stereocenters. The van der Waals surface area contributed by atoms with E-state index in [-0.39, 0.29) is 0 Å². The molecule has 1 rings (SSSR count). The van der Waals surface area contributed by atoms with Crippen LogP contribution in [0, 0.1) is 11.3 Å². The Hall–Kier alpha value is -1.81. The van der Waals surface area contributed by atoms with E-state index in [0.29, 0.717) is 11.5 Å². The van der Waals surface area contributed by atoms with Gasteiger partial charge in [0.25, 0.3) is 0 Å². The van der Waals surface area contributed by atoms with Gasteiger partial charge < -0.3 is 0 Å². The molecule has 0 aliphatic rings. The summed E-state index contributed by atoms with van der Waals surface area (Å²) in [4.78, 5) is 0. The van der Waals surface area contributed by atoms with Gasteiger partial charge >= 0.3 is 0 Å². The fourth-order valence-electron chi connectivity index (χ4n) is 1.65. The minimum atomic E-state index is 0.388. The van der Waals surface area contributed by atoms with Crippen molar-refractivity contribution >= 4 is 0 Å². The van der Waals surface area contributed by atoms with E-state index < -0.39 is 0 Å². The largest absolute Gasteiger partial charge is 0.192 e. The summed E-state index contributed by atoms with van der Waals surface area (Å²) >= 11 is 0. The quantitative estimate of drug-likeness (QED) is 0.616. The first-order valence-electron chi connectivity index (χ1n) is 7.42. The highest BCUT2D eigenvalue weighted by Crippen LogP contribution is 2.23. The second kappa shape index (κ2) is 10.0. The van der Waals surface area contributed by atoms with Crippen molar-refractivity contribution < 1.29 is 0 Å². The van der Waals surface area contributed by atoms with E-state index in [1.807, 2.05) is 38.1 Å². The molecule has 108 valence electrons. The minimum Gasteiger partial charge on any atom is -0.192 e. The molecule has 20 heavy (non-hydrogen) atoms. The molecule has 0 aromatic heterocycles. The van der Waals surface area contributed by atoms with Crippen LogP contribution in [0.1, 0.15) is 65.0 Å². The molecule has 0 fully saturated rings. The molecule has 0 amide bonds. The number of allylic oxidation sites excluding steroid dienone is 4. The summed E-state index contributed by atoms with van der Waals surface area (Å²) in [6.45, 7) is 12.7. The van der Waals surface area contributed by atoms with Crippen molar-refractivity contribution in [3.63, 3.8) is 0 Å². The standard InChI is InChI=1S/C17H21N.C2H6/c1-5-13(2)6-7-14(3)15(4)17-10-8-16(12-18)9-11-17;1-2/h6-11,15H,5H2,1-4H3;1-2H3/b13-6+,14-7+;/t15-;/m0./s1. The Balaban J connectivity index is 0.00000172. The van der Waals surface area contributed by atoms with Gasteiger partial charge in [0.05, 0.1) is 11.6 Å². The summed E-state index contributed by atoms with van der Waals surface area (Å²) in [5.41, 5.74) is 4.70. The number of hydrogen-bond acceptors (Lipinski definition) is 1. The van der Waals surface area contributed by atoms with Crippen LogP contribution >= 0.6 is 0 Å². The zero-order valence-electron chi connectivity index (χ0n) is 13.7. The Labute approximate surface area is 124 Å². The maximum Gasteiger partial charge on any atom is 0.0991 e. The molecule has 0 radical (unpaired) electrons. The summed E-state index contributed by atoms with van der Waals surface area (Å²) in [6.07, 6.45) is 5.48. The smallest absolute Gasteiger partial charge is 0.0991 e. The van der Waals surface area contributed by atoms with E-state index >= 15 is 0 Å². The van der Waals surface area contributed by atoms with E-state index in [0.717, 1.165) is 6.42 Å². The maximum absolute atomic E-state index is 8.78. The predicted molar refractivity (Wildman–Crippen MR) is 88.7 cm³/mol. The van der Waals surface area contributed by atoms with Gasteiger partial charge in [-0.05, 0) is 38.0 Å². The third-order valence-electron chi connectivity index (χ3n) is 3.41. The Morgan fingerprint density at radius 2 is 1.70 bits per heavy atom. The van der Waals surface area contributed by atoms with Crippen LogP contribution in [0.25, 0.3) is 0 Å². The van der Waals surface area contributed by atoms with Crippen LogP contribution in [0.5, 0.6) is 0 Å². The molecule has 1 nitrogen and oxygen atoms in total. The van der Waals surface area contributed by atoms with E-state index in [2.05, 4.69) is 45.9 Å². The molecule has 0 aliphatic carbocycles. The molecule has 1 aromatic carbocycles. The highest BCUT2D eigenvalue weighted by atomic mass is 14.2. The van der Waals surface area contributed by atoms with E-state index in [1.54, 1.807) is 0 Å². The van der Waals surface area contributed by atoms with E-state index in [9.17, 15) is 0 Å². The average molecular weight is 269 g/mol. The molecule has 0 N–H and O–H groups in total. The summed E-state index contributed by atoms with van der Waals surface area (Å²) in [5, 5.41) is 8.78. The molecule has 0 unspecified atom stereocenters. The lowest BCUT2D eigenvalue weighted by Crippen LogP contribution is -1.95. The van der Waals surface area contributed by atoms with Crippen LogP contribution in [0.3, 0.4) is 0 Å². The highest BCUT2D eigenvalue weighted by molar-refractivity contribution is 5.36. The second-order valence-corrected chi connectivity index (χ2v) is 4.73. The minimum absolute atomic E-state index is 0.388. The number of rotatable bonds is 4. The number of hydrogen-bond donors (Lipinski definition) is 0. The van der Waals surface area contributed by atoms with E-state index in [4.69, 9.17) is 5.26 Å². The van der Waals surface area contributed by atoms with Gasteiger partial charge in [-0.2, -0.15) is 5.26 Å². The van der Waals surface area contributed by atoms with Gasteiger partial charge in [-0.1, -0.05) is 63.1 Å². The SMILES string of the molecule is CC.CC/C(C)=C/C=C(\C)[C@H](C)c1ccc(C#N)cc1. The third kappa shape index (κ3) is 5.89. The monoisotopic (exact) mass is 269 g/mol. The van der Waals surface area contributed by atoms with Gasteiger partial charge in [-0.25, -0.2) is 0 Å². The molecule has 0 spiro atoms. The number of nitrogens with zero attached hydrogens (tertiary/aromatic N) is 1. The zero-order valence-corrected chi connectivity index (χ0v) is 13.7. The van der Waals surface area contributed by atoms with Crippen LogP contribution in [0.2, 0.25) is 0 Å². The van der Waals surface area contributed by atoms with Crippen molar-refractivity contribution in [1.82, 2.24) is 0 Å². The van der Waals surface area contributed by atoms with Crippen molar-refractivity contribution in [2.24, 2.45) is 0 Å². The predicted octanol–water partition coefficient (Wildman–Crippen LogP) is 5.99. The Morgan fingerprint density at radius 3 is 2.15 bits per heavy atom. The number of benzene rings is 1. The lowest BCUT2D eigenvalue weighted by atomic mass is 9.93. The Morgan fingerprint density at radius 1 is 1.15 bits per heavy atom. The fourth-order valence-corrected chi connectivity index (χ4v) is 1.65. The maximum atomic E-state index is 8.78. The molecule has 1 aromatic rings. The van der Waals surface area contributed by atoms with Gasteiger partial charge in [-0.3, -0.25) is 0 Å². The summed E-state index contributed by atoms with van der Waals surface area (Å²) in [7, 11) is 0. The highest BCUT2D eigenvalue weighted by Gasteiger charge is 2.06. The Bertz CT molecular complexity index is 483. The van der Waals surface area contributed by atoms with Gasteiger partial charge in [0.15, 0.2) is 0 Å². The lowest BCUT2D eigenvalue weighted by molar-refractivity contribution is 0.893. The first kappa shape index (κ1) is 18.2. The van der Waals surface area contributed by atoms with Gasteiger partial charge in [-0.15, -0.1) is 0 Å². The van der Waals surface area contributed by atoms with Gasteiger partial charge in [0.2, 0.25) is 0 Å². The molecule has 0 saturated carbocycles. The van der Waals surface area contributed by atoms with Gasteiger partial charge in [0, 0.05) is 5.92 Å². The van der Waals surface area contributed by atoms with Crippen molar-refractivity contribution in [1.29, 1.82) is 5.26 Å². The molecule has 0 saturated heterocycles. The summed E-state index contributed by atoms with van der Waals surface area (Å²) in [6, 6.07) is 9.99. The molecule has 1 heteroatoms. The van der Waals surface area contributed by atoms with Crippen LogP contribution in [-0.2, 0) is 0 Å². The molecular weight excluding hydrogens is 242 g/mol. The number of nitriles is 1. The van der Waals surface area contributed by atoms with Crippen molar-refractivity contribution in [2.45, 2.75) is 53.9 Å². The third-order valence-corrected chi connectivity index (χ3v) is 3.41. The molecular formula is C19H27N. The fraction of sp³-hybridized carbons (Fsp3) is 0.421. The summed E-state index contributed by atoms with van der Waals surface area (Å²) < 4.78 is 0. The second-order valence-electron chi connectivity index (χ2n) is 4.73. The van der Waals surface area contributed by atoms with Crippen LogP contribution in [0.15, 0.2) is 47.6 Å². The van der Waals surface area contributed by atoms with Crippen LogP contribution in [-0.4, -0.2) is 0 Å². The normalized spacial score (nSPS) is 13.1.